The first kappa shape index (κ1) is 30.1. The number of rotatable bonds is 10. The molecule has 0 bridgehead atoms. The first-order chi connectivity index (χ1) is 19.6. The fourth-order valence-corrected chi connectivity index (χ4v) is 4.54. The van der Waals surface area contributed by atoms with Gasteiger partial charge in [-0.2, -0.15) is 0 Å². The summed E-state index contributed by atoms with van der Waals surface area (Å²) in [6, 6.07) is 24.8. The van der Waals surface area contributed by atoms with Crippen LogP contribution in [0.2, 0.25) is 0 Å². The number of hydrogen-bond donors (Lipinski definition) is 2. The van der Waals surface area contributed by atoms with Crippen molar-refractivity contribution in [2.45, 2.75) is 39.9 Å². The molecular formula is C32H30Br2N2O5. The molecule has 0 aliphatic rings. The van der Waals surface area contributed by atoms with Crippen molar-refractivity contribution >= 4 is 55.0 Å². The number of hydrogen-bond acceptors (Lipinski definition) is 5. The third-order valence-electron chi connectivity index (χ3n) is 5.56. The number of carbonyl (C=O) groups excluding carboxylic acids is 2. The molecule has 4 aromatic rings. The van der Waals surface area contributed by atoms with Crippen molar-refractivity contribution < 1.29 is 23.8 Å². The molecular weight excluding hydrogens is 652 g/mol. The van der Waals surface area contributed by atoms with E-state index in [9.17, 15) is 9.59 Å². The van der Waals surface area contributed by atoms with Crippen LogP contribution in [-0.2, 0) is 0 Å². The van der Waals surface area contributed by atoms with Gasteiger partial charge >= 0.3 is 0 Å². The van der Waals surface area contributed by atoms with Crippen LogP contribution in [0.1, 0.15) is 48.4 Å². The molecule has 0 spiro atoms. The zero-order valence-electron chi connectivity index (χ0n) is 23.0. The smallest absolute Gasteiger partial charge is 0.259 e. The Bertz CT molecular complexity index is 1410. The van der Waals surface area contributed by atoms with E-state index in [0.29, 0.717) is 45.5 Å². The van der Waals surface area contributed by atoms with Crippen molar-refractivity contribution in [3.05, 3.63) is 105 Å². The van der Waals surface area contributed by atoms with E-state index in [1.54, 1.807) is 72.8 Å². The van der Waals surface area contributed by atoms with Gasteiger partial charge in [-0.05, 0) is 113 Å². The molecule has 0 saturated carbocycles. The highest BCUT2D eigenvalue weighted by atomic mass is 79.9. The van der Waals surface area contributed by atoms with Gasteiger partial charge in [0.1, 0.15) is 23.0 Å². The molecule has 0 radical (unpaired) electrons. The Balaban J connectivity index is 1.37. The summed E-state index contributed by atoms with van der Waals surface area (Å²) in [4.78, 5) is 25.9. The van der Waals surface area contributed by atoms with Gasteiger partial charge in [-0.25, -0.2) is 0 Å². The topological polar surface area (TPSA) is 85.9 Å². The zero-order chi connectivity index (χ0) is 29.5. The molecule has 0 atom stereocenters. The molecule has 9 heteroatoms. The standard InChI is InChI=1S/C32H30Br2N2O5/c1-19(2)39-29-15-5-21(33)17-27(29)31(37)35-23-7-11-25(12-8-23)41-26-13-9-24(10-14-26)36-32(38)28-18-22(34)6-16-30(28)40-20(3)4/h5-20H,1-4H3,(H,35,37)(H,36,38). The highest BCUT2D eigenvalue weighted by Crippen LogP contribution is 2.29. The van der Waals surface area contributed by atoms with Crippen LogP contribution in [0, 0.1) is 0 Å². The third-order valence-corrected chi connectivity index (χ3v) is 6.54. The van der Waals surface area contributed by atoms with E-state index in [2.05, 4.69) is 42.5 Å². The second kappa shape index (κ2) is 13.7. The van der Waals surface area contributed by atoms with Gasteiger partial charge < -0.3 is 24.8 Å². The highest BCUT2D eigenvalue weighted by molar-refractivity contribution is 9.10. The van der Waals surface area contributed by atoms with Crippen LogP contribution in [0.15, 0.2) is 93.9 Å². The van der Waals surface area contributed by atoms with E-state index in [1.807, 2.05) is 39.8 Å². The van der Waals surface area contributed by atoms with Gasteiger partial charge in [-0.3, -0.25) is 9.59 Å². The van der Waals surface area contributed by atoms with Crippen molar-refractivity contribution in [1.82, 2.24) is 0 Å². The van der Waals surface area contributed by atoms with Gasteiger partial charge in [0, 0.05) is 20.3 Å². The van der Waals surface area contributed by atoms with Gasteiger partial charge in [-0.15, -0.1) is 0 Å². The van der Waals surface area contributed by atoms with E-state index >= 15 is 0 Å². The minimum Gasteiger partial charge on any atom is -0.490 e. The maximum atomic E-state index is 12.9. The van der Waals surface area contributed by atoms with Crippen LogP contribution < -0.4 is 24.8 Å². The molecule has 0 fully saturated rings. The Hall–Kier alpha value is -3.82. The third kappa shape index (κ3) is 8.58. The lowest BCUT2D eigenvalue weighted by Crippen LogP contribution is -2.15. The van der Waals surface area contributed by atoms with E-state index in [4.69, 9.17) is 14.2 Å². The number of carbonyl (C=O) groups is 2. The number of benzene rings is 4. The lowest BCUT2D eigenvalue weighted by Gasteiger charge is -2.15. The number of halogens is 2. The molecule has 4 rings (SSSR count). The summed E-state index contributed by atoms with van der Waals surface area (Å²) in [5, 5.41) is 5.80. The molecule has 2 amide bonds. The first-order valence-electron chi connectivity index (χ1n) is 13.0. The van der Waals surface area contributed by atoms with Gasteiger partial charge in [0.15, 0.2) is 0 Å². The summed E-state index contributed by atoms with van der Waals surface area (Å²) in [5.41, 5.74) is 2.10. The van der Waals surface area contributed by atoms with Crippen LogP contribution in [0.4, 0.5) is 11.4 Å². The van der Waals surface area contributed by atoms with Crippen LogP contribution in [0.25, 0.3) is 0 Å². The molecule has 0 aromatic heterocycles. The molecule has 2 N–H and O–H groups in total. The van der Waals surface area contributed by atoms with Crippen LogP contribution >= 0.6 is 31.9 Å². The summed E-state index contributed by atoms with van der Waals surface area (Å²) in [5.74, 6) is 1.66. The van der Waals surface area contributed by atoms with E-state index < -0.39 is 0 Å². The van der Waals surface area contributed by atoms with Gasteiger partial charge in [0.05, 0.1) is 23.3 Å². The fourth-order valence-electron chi connectivity index (χ4n) is 3.82. The van der Waals surface area contributed by atoms with Crippen molar-refractivity contribution in [3.63, 3.8) is 0 Å². The fraction of sp³-hybridized carbons (Fsp3) is 0.188. The number of anilines is 2. The predicted octanol–water partition coefficient (Wildman–Crippen LogP) is 9.08. The second-order valence-corrected chi connectivity index (χ2v) is 11.5. The highest BCUT2D eigenvalue weighted by Gasteiger charge is 2.16. The Kier molecular flexibility index (Phi) is 10.1. The lowest BCUT2D eigenvalue weighted by molar-refractivity contribution is 0.101. The second-order valence-electron chi connectivity index (χ2n) is 9.67. The number of nitrogens with one attached hydrogen (secondary N) is 2. The van der Waals surface area contributed by atoms with Crippen LogP contribution in [0.5, 0.6) is 23.0 Å². The Labute approximate surface area is 256 Å². The van der Waals surface area contributed by atoms with E-state index in [1.165, 1.54) is 0 Å². The summed E-state index contributed by atoms with van der Waals surface area (Å²) in [6.07, 6.45) is -0.124. The van der Waals surface area contributed by atoms with Gasteiger partial charge in [-0.1, -0.05) is 31.9 Å². The molecule has 0 aliphatic carbocycles. The minimum atomic E-state index is -0.279. The Morgan fingerprint density at radius 2 is 0.951 bits per heavy atom. The van der Waals surface area contributed by atoms with Gasteiger partial charge in [0.2, 0.25) is 0 Å². The Morgan fingerprint density at radius 1 is 0.585 bits per heavy atom. The monoisotopic (exact) mass is 680 g/mol. The molecule has 41 heavy (non-hydrogen) atoms. The summed E-state index contributed by atoms with van der Waals surface area (Å²) >= 11 is 6.83. The quantitative estimate of drug-likeness (QED) is 0.174. The molecule has 0 aliphatic heterocycles. The van der Waals surface area contributed by atoms with Crippen molar-refractivity contribution in [2.75, 3.05) is 10.6 Å². The van der Waals surface area contributed by atoms with E-state index in [0.717, 1.165) is 8.95 Å². The summed E-state index contributed by atoms with van der Waals surface area (Å²) < 4.78 is 19.1. The molecule has 0 unspecified atom stereocenters. The zero-order valence-corrected chi connectivity index (χ0v) is 26.2. The minimum absolute atomic E-state index is 0.0621. The molecule has 0 saturated heterocycles. The predicted molar refractivity (Wildman–Crippen MR) is 169 cm³/mol. The van der Waals surface area contributed by atoms with Crippen molar-refractivity contribution in [1.29, 1.82) is 0 Å². The lowest BCUT2D eigenvalue weighted by atomic mass is 10.1. The van der Waals surface area contributed by atoms with Crippen molar-refractivity contribution in [3.8, 4) is 23.0 Å². The van der Waals surface area contributed by atoms with E-state index in [-0.39, 0.29) is 24.0 Å². The molecule has 4 aromatic carbocycles. The van der Waals surface area contributed by atoms with Gasteiger partial charge in [0.25, 0.3) is 11.8 Å². The average molecular weight is 682 g/mol. The van der Waals surface area contributed by atoms with Crippen LogP contribution in [-0.4, -0.2) is 24.0 Å². The first-order valence-corrected chi connectivity index (χ1v) is 14.6. The Morgan fingerprint density at radius 3 is 1.29 bits per heavy atom. The normalized spacial score (nSPS) is 10.8. The maximum Gasteiger partial charge on any atom is 0.259 e. The summed E-state index contributed by atoms with van der Waals surface area (Å²) in [7, 11) is 0. The number of amides is 2. The SMILES string of the molecule is CC(C)Oc1ccc(Br)cc1C(=O)Nc1ccc(Oc2ccc(NC(=O)c3cc(Br)ccc3OC(C)C)cc2)cc1. The van der Waals surface area contributed by atoms with Crippen LogP contribution in [0.3, 0.4) is 0 Å². The largest absolute Gasteiger partial charge is 0.490 e. The molecule has 7 nitrogen and oxygen atoms in total. The number of ether oxygens (including phenoxy) is 3. The maximum absolute atomic E-state index is 12.9. The summed E-state index contributed by atoms with van der Waals surface area (Å²) in [6.45, 7) is 7.65. The van der Waals surface area contributed by atoms with Crippen molar-refractivity contribution in [2.24, 2.45) is 0 Å². The average Bonchev–Trinajstić information content (AvgIpc) is 2.92. The molecule has 0 heterocycles. The molecule has 212 valence electrons.